The number of anilines is 1. The van der Waals surface area contributed by atoms with Crippen molar-refractivity contribution < 1.29 is 9.21 Å². The predicted octanol–water partition coefficient (Wildman–Crippen LogP) is 4.28. The van der Waals surface area contributed by atoms with Crippen molar-refractivity contribution in [2.45, 2.75) is 13.8 Å². The Labute approximate surface area is 145 Å². The molecule has 1 amide bonds. The van der Waals surface area contributed by atoms with Gasteiger partial charge in [-0.3, -0.25) is 10.1 Å². The summed E-state index contributed by atoms with van der Waals surface area (Å²) in [6.45, 7) is 3.83. The fourth-order valence-electron chi connectivity index (χ4n) is 2.51. The van der Waals surface area contributed by atoms with Gasteiger partial charge in [-0.05, 0) is 31.5 Å². The highest BCUT2D eigenvalue weighted by Gasteiger charge is 2.20. The van der Waals surface area contributed by atoms with Gasteiger partial charge in [-0.1, -0.05) is 0 Å². The van der Waals surface area contributed by atoms with Crippen LogP contribution in [0.2, 0.25) is 0 Å². The number of carbonyl (C=O) groups excluding carboxylic acids is 1. The number of nitrogens with one attached hydrogen (secondary N) is 1. The first-order valence-corrected chi connectivity index (χ1v) is 8.85. The lowest BCUT2D eigenvalue weighted by molar-refractivity contribution is 0.103. The molecule has 0 aromatic carbocycles. The summed E-state index contributed by atoms with van der Waals surface area (Å²) < 4.78 is 5.37. The molecular weight excluding hydrogens is 344 g/mol. The van der Waals surface area contributed by atoms with Crippen molar-refractivity contribution in [2.75, 3.05) is 5.32 Å². The monoisotopic (exact) mass is 356 g/mol. The van der Waals surface area contributed by atoms with Gasteiger partial charge in [0.15, 0.2) is 16.7 Å². The van der Waals surface area contributed by atoms with Gasteiger partial charge in [0.05, 0.1) is 16.8 Å². The number of nitrogens with zero attached hydrogens (tertiary/aromatic N) is 3. The summed E-state index contributed by atoms with van der Waals surface area (Å²) in [5.74, 6) is 0.961. The van der Waals surface area contributed by atoms with Gasteiger partial charge in [-0.15, -0.1) is 22.7 Å². The van der Waals surface area contributed by atoms with E-state index in [0.717, 1.165) is 21.5 Å². The molecule has 0 spiro atoms. The number of hydrogen-bond donors (Lipinski definition) is 1. The smallest absolute Gasteiger partial charge is 0.267 e. The van der Waals surface area contributed by atoms with Gasteiger partial charge >= 0.3 is 0 Å². The van der Waals surface area contributed by atoms with Crippen LogP contribution in [0.4, 0.5) is 5.13 Å². The fourth-order valence-corrected chi connectivity index (χ4v) is 4.16. The van der Waals surface area contributed by atoms with Gasteiger partial charge in [0, 0.05) is 17.0 Å². The van der Waals surface area contributed by atoms with E-state index in [0.29, 0.717) is 21.6 Å². The van der Waals surface area contributed by atoms with Crippen molar-refractivity contribution in [1.82, 2.24) is 15.0 Å². The zero-order valence-electron chi connectivity index (χ0n) is 12.9. The summed E-state index contributed by atoms with van der Waals surface area (Å²) in [5.41, 5.74) is 1.71. The topological polar surface area (TPSA) is 80.9 Å². The molecule has 4 aromatic heterocycles. The van der Waals surface area contributed by atoms with Crippen molar-refractivity contribution in [3.05, 3.63) is 46.1 Å². The Morgan fingerprint density at radius 3 is 2.88 bits per heavy atom. The van der Waals surface area contributed by atoms with E-state index in [2.05, 4.69) is 20.3 Å². The van der Waals surface area contributed by atoms with Crippen molar-refractivity contribution in [2.24, 2.45) is 0 Å². The molecule has 0 fully saturated rings. The molecular formula is C16H12N4O2S2. The highest BCUT2D eigenvalue weighted by atomic mass is 32.1. The number of thiophene rings is 1. The number of aryl methyl sites for hydroxylation is 2. The third-order valence-corrected chi connectivity index (χ3v) is 5.44. The van der Waals surface area contributed by atoms with Crippen LogP contribution in [-0.2, 0) is 0 Å². The SMILES string of the molecule is Cc1nc(-c2ccco2)nc2sc(C(=O)Nc3nccs3)c(C)c12. The van der Waals surface area contributed by atoms with Crippen LogP contribution in [-0.4, -0.2) is 20.9 Å². The van der Waals surface area contributed by atoms with E-state index in [4.69, 9.17) is 4.42 Å². The molecule has 24 heavy (non-hydrogen) atoms. The Kier molecular flexibility index (Phi) is 3.62. The normalized spacial score (nSPS) is 11.1. The lowest BCUT2D eigenvalue weighted by atomic mass is 10.1. The quantitative estimate of drug-likeness (QED) is 0.593. The molecule has 0 aliphatic rings. The number of amides is 1. The number of fused-ring (bicyclic) bond motifs is 1. The molecule has 8 heteroatoms. The Morgan fingerprint density at radius 2 is 2.17 bits per heavy atom. The summed E-state index contributed by atoms with van der Waals surface area (Å²) in [5, 5.41) is 6.13. The minimum Gasteiger partial charge on any atom is -0.461 e. The van der Waals surface area contributed by atoms with Gasteiger partial charge in [0.1, 0.15) is 4.83 Å². The van der Waals surface area contributed by atoms with E-state index in [1.807, 2.05) is 25.3 Å². The van der Waals surface area contributed by atoms with Crippen LogP contribution in [0.25, 0.3) is 21.8 Å². The second-order valence-corrected chi connectivity index (χ2v) is 7.03. The van der Waals surface area contributed by atoms with E-state index in [1.165, 1.54) is 22.7 Å². The Bertz CT molecular complexity index is 1020. The Hall–Kier alpha value is -2.58. The Morgan fingerprint density at radius 1 is 1.29 bits per heavy atom. The number of rotatable bonds is 3. The maximum absolute atomic E-state index is 12.5. The molecule has 4 aromatic rings. The van der Waals surface area contributed by atoms with Crippen LogP contribution >= 0.6 is 22.7 Å². The van der Waals surface area contributed by atoms with Crippen molar-refractivity contribution in [3.8, 4) is 11.6 Å². The summed E-state index contributed by atoms with van der Waals surface area (Å²) in [6, 6.07) is 3.61. The van der Waals surface area contributed by atoms with E-state index < -0.39 is 0 Å². The molecule has 0 saturated carbocycles. The average Bonchev–Trinajstić information content (AvgIpc) is 3.28. The third kappa shape index (κ3) is 2.49. The zero-order valence-corrected chi connectivity index (χ0v) is 14.5. The largest absolute Gasteiger partial charge is 0.461 e. The maximum Gasteiger partial charge on any atom is 0.267 e. The number of aromatic nitrogens is 3. The third-order valence-electron chi connectivity index (χ3n) is 3.57. The summed E-state index contributed by atoms with van der Waals surface area (Å²) in [4.78, 5) is 27.1. The van der Waals surface area contributed by atoms with E-state index in [-0.39, 0.29) is 5.91 Å². The second-order valence-electron chi connectivity index (χ2n) is 5.14. The molecule has 6 nitrogen and oxygen atoms in total. The summed E-state index contributed by atoms with van der Waals surface area (Å²) >= 11 is 2.74. The minimum absolute atomic E-state index is 0.176. The van der Waals surface area contributed by atoms with Crippen molar-refractivity contribution in [1.29, 1.82) is 0 Å². The molecule has 0 aliphatic heterocycles. The van der Waals surface area contributed by atoms with E-state index >= 15 is 0 Å². The molecule has 0 bridgehead atoms. The predicted molar refractivity (Wildman–Crippen MR) is 94.7 cm³/mol. The molecule has 120 valence electrons. The van der Waals surface area contributed by atoms with Gasteiger partial charge < -0.3 is 4.42 Å². The first kappa shape index (κ1) is 15.0. The number of carbonyl (C=O) groups is 1. The van der Waals surface area contributed by atoms with Crippen molar-refractivity contribution >= 4 is 43.9 Å². The number of hydrogen-bond acceptors (Lipinski definition) is 7. The standard InChI is InChI=1S/C16H12N4O2S2/c1-8-11-9(2)18-13(10-4-3-6-22-10)19-15(11)24-12(8)14(21)20-16-17-5-7-23-16/h3-7H,1-2H3,(H,17,20,21). The van der Waals surface area contributed by atoms with Crippen LogP contribution in [0.15, 0.2) is 34.4 Å². The molecule has 0 radical (unpaired) electrons. The molecule has 0 unspecified atom stereocenters. The van der Waals surface area contributed by atoms with Gasteiger partial charge in [0.2, 0.25) is 0 Å². The van der Waals surface area contributed by atoms with Crippen LogP contribution in [0, 0.1) is 13.8 Å². The lowest BCUT2D eigenvalue weighted by Crippen LogP contribution is -2.10. The molecule has 4 rings (SSSR count). The second kappa shape index (κ2) is 5.81. The molecule has 0 saturated heterocycles. The number of thiazole rings is 1. The minimum atomic E-state index is -0.176. The van der Waals surface area contributed by atoms with Crippen LogP contribution in [0.5, 0.6) is 0 Å². The van der Waals surface area contributed by atoms with Crippen LogP contribution in [0.1, 0.15) is 20.9 Å². The van der Waals surface area contributed by atoms with Gasteiger partial charge in [-0.25, -0.2) is 15.0 Å². The summed E-state index contributed by atoms with van der Waals surface area (Å²) in [7, 11) is 0. The Balaban J connectivity index is 1.79. The molecule has 1 N–H and O–H groups in total. The molecule has 4 heterocycles. The highest BCUT2D eigenvalue weighted by molar-refractivity contribution is 7.21. The molecule has 0 aliphatic carbocycles. The number of furan rings is 1. The maximum atomic E-state index is 12.5. The first-order chi connectivity index (χ1) is 11.6. The van der Waals surface area contributed by atoms with Crippen LogP contribution in [0.3, 0.4) is 0 Å². The molecule has 0 atom stereocenters. The van der Waals surface area contributed by atoms with Crippen molar-refractivity contribution in [3.63, 3.8) is 0 Å². The lowest BCUT2D eigenvalue weighted by Gasteiger charge is -2.01. The highest BCUT2D eigenvalue weighted by Crippen LogP contribution is 2.33. The summed E-state index contributed by atoms with van der Waals surface area (Å²) in [6.07, 6.45) is 3.24. The van der Waals surface area contributed by atoms with E-state index in [9.17, 15) is 4.79 Å². The van der Waals surface area contributed by atoms with Crippen LogP contribution < -0.4 is 5.32 Å². The first-order valence-electron chi connectivity index (χ1n) is 7.16. The van der Waals surface area contributed by atoms with Gasteiger partial charge in [0.25, 0.3) is 5.91 Å². The van der Waals surface area contributed by atoms with Gasteiger partial charge in [-0.2, -0.15) is 0 Å². The average molecular weight is 356 g/mol. The fraction of sp³-hybridized carbons (Fsp3) is 0.125. The van der Waals surface area contributed by atoms with E-state index in [1.54, 1.807) is 18.5 Å². The zero-order chi connectivity index (χ0) is 16.7.